The minimum absolute atomic E-state index is 0.0295. The molecule has 1 amide bonds. The van der Waals surface area contributed by atoms with Crippen LogP contribution in [0.3, 0.4) is 0 Å². The third-order valence-electron chi connectivity index (χ3n) is 5.34. The van der Waals surface area contributed by atoms with Crippen LogP contribution in [0.2, 0.25) is 0 Å². The molecule has 1 aromatic heterocycles. The fourth-order valence-corrected chi connectivity index (χ4v) is 3.74. The molecule has 0 bridgehead atoms. The van der Waals surface area contributed by atoms with Gasteiger partial charge >= 0.3 is 0 Å². The van der Waals surface area contributed by atoms with Crippen LogP contribution in [0.25, 0.3) is 10.9 Å². The molecule has 1 N–H and O–H groups in total. The number of carbonyl (C=O) groups is 1. The van der Waals surface area contributed by atoms with Crippen molar-refractivity contribution in [3.63, 3.8) is 0 Å². The number of benzene rings is 2. The maximum absolute atomic E-state index is 12.5. The van der Waals surface area contributed by atoms with E-state index in [4.69, 9.17) is 4.74 Å². The zero-order valence-electron chi connectivity index (χ0n) is 16.4. The minimum Gasteiger partial charge on any atom is -0.379 e. The molecule has 1 aliphatic heterocycles. The Kier molecular flexibility index (Phi) is 5.74. The highest BCUT2D eigenvalue weighted by Crippen LogP contribution is 2.19. The molecule has 1 saturated heterocycles. The largest absolute Gasteiger partial charge is 0.379 e. The van der Waals surface area contributed by atoms with Gasteiger partial charge in [-0.05, 0) is 35.6 Å². The number of morpholine rings is 1. The number of hydrogen-bond donors (Lipinski definition) is 1. The Morgan fingerprint density at radius 2 is 1.75 bits per heavy atom. The summed E-state index contributed by atoms with van der Waals surface area (Å²) in [6.45, 7) is 7.51. The van der Waals surface area contributed by atoms with Crippen LogP contribution in [0, 0.1) is 6.92 Å². The van der Waals surface area contributed by atoms with E-state index in [1.54, 1.807) is 0 Å². The topological polar surface area (TPSA) is 46.5 Å². The lowest BCUT2D eigenvalue weighted by Crippen LogP contribution is -2.35. The van der Waals surface area contributed by atoms with Gasteiger partial charge in [-0.3, -0.25) is 9.69 Å². The van der Waals surface area contributed by atoms with Crippen LogP contribution in [0.15, 0.2) is 54.6 Å². The first-order valence-electron chi connectivity index (χ1n) is 9.88. The minimum atomic E-state index is 0.0295. The highest BCUT2D eigenvalue weighted by Gasteiger charge is 2.11. The molecule has 28 heavy (non-hydrogen) atoms. The van der Waals surface area contributed by atoms with Crippen molar-refractivity contribution in [1.82, 2.24) is 14.8 Å². The Balaban J connectivity index is 1.31. The summed E-state index contributed by atoms with van der Waals surface area (Å²) in [5, 5.41) is 4.21. The van der Waals surface area contributed by atoms with Crippen LogP contribution < -0.4 is 5.32 Å². The Morgan fingerprint density at radius 3 is 2.54 bits per heavy atom. The SMILES string of the molecule is Cc1cc2ccccc2n1CC(=O)NCc1ccc(CN2CCOCC2)cc1. The molecule has 1 fully saturated rings. The number of carbonyl (C=O) groups excluding carboxylic acids is 1. The van der Waals surface area contributed by atoms with Gasteiger partial charge in [0.05, 0.1) is 13.2 Å². The maximum atomic E-state index is 12.5. The highest BCUT2D eigenvalue weighted by molar-refractivity contribution is 5.84. The van der Waals surface area contributed by atoms with Crippen LogP contribution in [-0.2, 0) is 29.2 Å². The summed E-state index contributed by atoms with van der Waals surface area (Å²) < 4.78 is 7.46. The number of para-hydroxylation sites is 1. The summed E-state index contributed by atoms with van der Waals surface area (Å²) >= 11 is 0. The zero-order chi connectivity index (χ0) is 19.3. The normalized spacial score (nSPS) is 15.0. The molecular weight excluding hydrogens is 350 g/mol. The van der Waals surface area contributed by atoms with Gasteiger partial charge in [0, 0.05) is 37.4 Å². The van der Waals surface area contributed by atoms with Gasteiger partial charge in [0.2, 0.25) is 5.91 Å². The number of aryl methyl sites for hydroxylation is 1. The van der Waals surface area contributed by atoms with E-state index in [-0.39, 0.29) is 5.91 Å². The van der Waals surface area contributed by atoms with Crippen molar-refractivity contribution in [2.24, 2.45) is 0 Å². The quantitative estimate of drug-likeness (QED) is 0.718. The first-order chi connectivity index (χ1) is 13.7. The van der Waals surface area contributed by atoms with Gasteiger partial charge in [0.25, 0.3) is 0 Å². The molecule has 0 aliphatic carbocycles. The highest BCUT2D eigenvalue weighted by atomic mass is 16.5. The Morgan fingerprint density at radius 1 is 1.04 bits per heavy atom. The molecule has 2 heterocycles. The van der Waals surface area contributed by atoms with Gasteiger partial charge in [-0.15, -0.1) is 0 Å². The average molecular weight is 377 g/mol. The summed E-state index contributed by atoms with van der Waals surface area (Å²) in [5.41, 5.74) is 4.62. The molecule has 0 saturated carbocycles. The monoisotopic (exact) mass is 377 g/mol. The number of fused-ring (bicyclic) bond motifs is 1. The molecule has 0 unspecified atom stereocenters. The number of rotatable bonds is 6. The molecule has 5 nitrogen and oxygen atoms in total. The lowest BCUT2D eigenvalue weighted by molar-refractivity contribution is -0.121. The van der Waals surface area contributed by atoms with Crippen LogP contribution in [0.4, 0.5) is 0 Å². The van der Waals surface area contributed by atoms with Crippen LogP contribution in [0.1, 0.15) is 16.8 Å². The molecule has 146 valence electrons. The summed E-state index contributed by atoms with van der Waals surface area (Å²) in [6, 6.07) is 18.8. The van der Waals surface area contributed by atoms with Crippen molar-refractivity contribution in [2.75, 3.05) is 26.3 Å². The Bertz CT molecular complexity index is 940. The summed E-state index contributed by atoms with van der Waals surface area (Å²) in [5.74, 6) is 0.0295. The number of ether oxygens (including phenoxy) is 1. The van der Waals surface area contributed by atoms with E-state index in [9.17, 15) is 4.79 Å². The molecule has 1 aliphatic rings. The lowest BCUT2D eigenvalue weighted by atomic mass is 10.1. The van der Waals surface area contributed by atoms with Gasteiger partial charge in [-0.2, -0.15) is 0 Å². The molecule has 0 spiro atoms. The van der Waals surface area contributed by atoms with E-state index >= 15 is 0 Å². The van der Waals surface area contributed by atoms with Gasteiger partial charge in [0.15, 0.2) is 0 Å². The van der Waals surface area contributed by atoms with E-state index in [1.807, 2.05) is 19.1 Å². The van der Waals surface area contributed by atoms with Crippen molar-refractivity contribution in [3.05, 3.63) is 71.4 Å². The second kappa shape index (κ2) is 8.59. The third-order valence-corrected chi connectivity index (χ3v) is 5.34. The smallest absolute Gasteiger partial charge is 0.240 e. The average Bonchev–Trinajstić information content (AvgIpc) is 3.03. The maximum Gasteiger partial charge on any atom is 0.240 e. The van der Waals surface area contributed by atoms with Crippen molar-refractivity contribution in [2.45, 2.75) is 26.6 Å². The zero-order valence-corrected chi connectivity index (χ0v) is 16.4. The van der Waals surface area contributed by atoms with Gasteiger partial charge < -0.3 is 14.6 Å². The van der Waals surface area contributed by atoms with Crippen molar-refractivity contribution < 1.29 is 9.53 Å². The standard InChI is InChI=1S/C23H27N3O2/c1-18-14-21-4-2-3-5-22(21)26(18)17-23(27)24-15-19-6-8-20(9-7-19)16-25-10-12-28-13-11-25/h2-9,14H,10-13,15-17H2,1H3,(H,24,27). The number of nitrogens with zero attached hydrogens (tertiary/aromatic N) is 2. The second-order valence-electron chi connectivity index (χ2n) is 7.41. The number of hydrogen-bond acceptors (Lipinski definition) is 3. The van der Waals surface area contributed by atoms with Crippen molar-refractivity contribution in [3.8, 4) is 0 Å². The number of aromatic nitrogens is 1. The molecule has 0 atom stereocenters. The third kappa shape index (κ3) is 4.43. The molecule has 5 heteroatoms. The lowest BCUT2D eigenvalue weighted by Gasteiger charge is -2.26. The number of nitrogens with one attached hydrogen (secondary N) is 1. The fraction of sp³-hybridized carbons (Fsp3) is 0.348. The van der Waals surface area contributed by atoms with Crippen molar-refractivity contribution >= 4 is 16.8 Å². The first-order valence-corrected chi connectivity index (χ1v) is 9.88. The van der Waals surface area contributed by atoms with E-state index < -0.39 is 0 Å². The molecule has 4 rings (SSSR count). The second-order valence-corrected chi connectivity index (χ2v) is 7.41. The van der Waals surface area contributed by atoms with Crippen LogP contribution in [-0.4, -0.2) is 41.7 Å². The summed E-state index contributed by atoms with van der Waals surface area (Å²) in [7, 11) is 0. The van der Waals surface area contributed by atoms with Gasteiger partial charge in [0.1, 0.15) is 6.54 Å². The Hall–Kier alpha value is -2.63. The number of amides is 1. The van der Waals surface area contributed by atoms with E-state index in [1.165, 1.54) is 10.9 Å². The predicted molar refractivity (Wildman–Crippen MR) is 111 cm³/mol. The van der Waals surface area contributed by atoms with Gasteiger partial charge in [-0.1, -0.05) is 42.5 Å². The van der Waals surface area contributed by atoms with E-state index in [0.29, 0.717) is 13.1 Å². The molecule has 2 aromatic carbocycles. The molecular formula is C23H27N3O2. The van der Waals surface area contributed by atoms with Crippen LogP contribution >= 0.6 is 0 Å². The van der Waals surface area contributed by atoms with Gasteiger partial charge in [-0.25, -0.2) is 0 Å². The summed E-state index contributed by atoms with van der Waals surface area (Å²) in [6.07, 6.45) is 0. The van der Waals surface area contributed by atoms with E-state index in [2.05, 4.69) is 57.2 Å². The Labute approximate surface area is 165 Å². The first kappa shape index (κ1) is 18.7. The fourth-order valence-electron chi connectivity index (χ4n) is 3.74. The van der Waals surface area contributed by atoms with E-state index in [0.717, 1.165) is 49.6 Å². The van der Waals surface area contributed by atoms with Crippen LogP contribution in [0.5, 0.6) is 0 Å². The molecule has 0 radical (unpaired) electrons. The predicted octanol–water partition coefficient (Wildman–Crippen LogP) is 3.10. The van der Waals surface area contributed by atoms with Crippen molar-refractivity contribution in [1.29, 1.82) is 0 Å². The molecule has 3 aromatic rings. The summed E-state index contributed by atoms with van der Waals surface area (Å²) in [4.78, 5) is 14.9.